The Kier molecular flexibility index (Phi) is 2.99. The number of rotatable bonds is 3. The minimum Gasteiger partial charge on any atom is -0.205 e. The summed E-state index contributed by atoms with van der Waals surface area (Å²) in [4.78, 5) is 0. The molecule has 0 spiro atoms. The number of hydrogen-bond acceptors (Lipinski definition) is 0. The lowest BCUT2D eigenvalue weighted by Crippen LogP contribution is -2.24. The highest BCUT2D eigenvalue weighted by Gasteiger charge is 2.53. The lowest BCUT2D eigenvalue weighted by atomic mass is 9.79. The van der Waals surface area contributed by atoms with Crippen LogP contribution in [0.1, 0.15) is 24.8 Å². The van der Waals surface area contributed by atoms with Crippen molar-refractivity contribution in [1.82, 2.24) is 0 Å². The molecule has 0 aliphatic heterocycles. The Morgan fingerprint density at radius 2 is 2.06 bits per heavy atom. The van der Waals surface area contributed by atoms with Crippen molar-refractivity contribution in [1.29, 1.82) is 0 Å². The van der Waals surface area contributed by atoms with Crippen LogP contribution in [-0.4, -0.2) is 5.33 Å². The van der Waals surface area contributed by atoms with Gasteiger partial charge in [0.1, 0.15) is 5.82 Å². The van der Waals surface area contributed by atoms with E-state index in [1.165, 1.54) is 19.3 Å². The Balaban J connectivity index is 1.83. The average Bonchev–Trinajstić information content (AvgIpc) is 2.94. The van der Waals surface area contributed by atoms with Crippen molar-refractivity contribution in [3.05, 3.63) is 34.6 Å². The molecule has 0 aromatic heterocycles. The fourth-order valence-corrected chi connectivity index (χ4v) is 4.25. The normalized spacial score (nSPS) is 34.8. The van der Waals surface area contributed by atoms with Crippen molar-refractivity contribution < 1.29 is 4.39 Å². The molecule has 0 N–H and O–H groups in total. The summed E-state index contributed by atoms with van der Waals surface area (Å²) in [6, 6.07) is 5.33. The second kappa shape index (κ2) is 4.24. The third-order valence-corrected chi connectivity index (χ3v) is 5.82. The first kappa shape index (κ1) is 12.0. The van der Waals surface area contributed by atoms with Crippen LogP contribution in [0.15, 0.2) is 18.2 Å². The minimum atomic E-state index is -0.227. The third kappa shape index (κ3) is 2.15. The molecule has 2 saturated carbocycles. The van der Waals surface area contributed by atoms with Crippen LogP contribution < -0.4 is 0 Å². The van der Waals surface area contributed by atoms with Crippen molar-refractivity contribution in [3.8, 4) is 0 Å². The van der Waals surface area contributed by atoms with E-state index < -0.39 is 0 Å². The molecule has 2 atom stereocenters. The molecule has 0 bridgehead atoms. The van der Waals surface area contributed by atoms with Gasteiger partial charge in [-0.25, -0.2) is 4.39 Å². The third-order valence-electron chi connectivity index (χ3n) is 4.34. The standard InChI is InChI=1S/C14H15BrClF/c15-8-14(6-10-4-11(10)7-14)5-9-2-1-3-12(16)13(9)17/h1-3,10-11H,4-8H2. The highest BCUT2D eigenvalue weighted by molar-refractivity contribution is 9.09. The van der Waals surface area contributed by atoms with E-state index in [4.69, 9.17) is 11.6 Å². The van der Waals surface area contributed by atoms with E-state index in [9.17, 15) is 4.39 Å². The first-order valence-electron chi connectivity index (χ1n) is 6.12. The van der Waals surface area contributed by atoms with Gasteiger partial charge in [-0.05, 0) is 54.6 Å². The molecule has 1 aromatic carbocycles. The Morgan fingerprint density at radius 3 is 2.71 bits per heavy atom. The quantitative estimate of drug-likeness (QED) is 0.700. The van der Waals surface area contributed by atoms with E-state index >= 15 is 0 Å². The molecule has 0 heterocycles. The Labute approximate surface area is 115 Å². The van der Waals surface area contributed by atoms with E-state index in [0.29, 0.717) is 0 Å². The predicted octanol–water partition coefficient (Wildman–Crippen LogP) is 4.83. The van der Waals surface area contributed by atoms with Crippen LogP contribution in [0.25, 0.3) is 0 Å². The molecule has 0 saturated heterocycles. The topological polar surface area (TPSA) is 0 Å². The zero-order valence-corrected chi connectivity index (χ0v) is 11.9. The van der Waals surface area contributed by atoms with Crippen LogP contribution in [0.2, 0.25) is 5.02 Å². The first-order valence-corrected chi connectivity index (χ1v) is 7.62. The molecule has 17 heavy (non-hydrogen) atoms. The van der Waals surface area contributed by atoms with Crippen LogP contribution in [-0.2, 0) is 6.42 Å². The summed E-state index contributed by atoms with van der Waals surface area (Å²) in [5, 5.41) is 1.22. The van der Waals surface area contributed by atoms with Gasteiger partial charge >= 0.3 is 0 Å². The highest BCUT2D eigenvalue weighted by atomic mass is 79.9. The maximum atomic E-state index is 13.9. The Hall–Kier alpha value is -0.0800. The number of halogens is 3. The maximum Gasteiger partial charge on any atom is 0.144 e. The van der Waals surface area contributed by atoms with Crippen molar-refractivity contribution in [3.63, 3.8) is 0 Å². The molecule has 2 aliphatic carbocycles. The molecular formula is C14H15BrClF. The zero-order chi connectivity index (χ0) is 12.0. The van der Waals surface area contributed by atoms with E-state index in [-0.39, 0.29) is 16.3 Å². The number of fused-ring (bicyclic) bond motifs is 1. The van der Waals surface area contributed by atoms with Crippen LogP contribution in [0, 0.1) is 23.1 Å². The van der Waals surface area contributed by atoms with Gasteiger partial charge in [0.15, 0.2) is 0 Å². The summed E-state index contributed by atoms with van der Waals surface area (Å²) in [7, 11) is 0. The first-order chi connectivity index (χ1) is 8.13. The lowest BCUT2D eigenvalue weighted by Gasteiger charge is -2.29. The van der Waals surface area contributed by atoms with Crippen LogP contribution in [0.4, 0.5) is 4.39 Å². The molecule has 3 rings (SSSR count). The Morgan fingerprint density at radius 1 is 1.35 bits per heavy atom. The van der Waals surface area contributed by atoms with Gasteiger partial charge in [-0.2, -0.15) is 0 Å². The second-order valence-corrected chi connectivity index (χ2v) is 6.66. The number of benzene rings is 1. The highest BCUT2D eigenvalue weighted by Crippen LogP contribution is 2.61. The molecule has 3 heteroatoms. The molecule has 2 aliphatic rings. The largest absolute Gasteiger partial charge is 0.205 e. The van der Waals surface area contributed by atoms with Crippen LogP contribution >= 0.6 is 27.5 Å². The van der Waals surface area contributed by atoms with E-state index in [1.54, 1.807) is 6.07 Å². The summed E-state index contributed by atoms with van der Waals surface area (Å²) >= 11 is 9.47. The van der Waals surface area contributed by atoms with Crippen LogP contribution in [0.3, 0.4) is 0 Å². The number of hydrogen-bond donors (Lipinski definition) is 0. The van der Waals surface area contributed by atoms with Gasteiger partial charge in [0.2, 0.25) is 0 Å². The van der Waals surface area contributed by atoms with E-state index in [1.807, 2.05) is 12.1 Å². The van der Waals surface area contributed by atoms with Crippen molar-refractivity contribution in [2.45, 2.75) is 25.7 Å². The van der Waals surface area contributed by atoms with Gasteiger partial charge in [0, 0.05) is 5.33 Å². The van der Waals surface area contributed by atoms with Crippen molar-refractivity contribution in [2.75, 3.05) is 5.33 Å². The van der Waals surface area contributed by atoms with Crippen molar-refractivity contribution >= 4 is 27.5 Å². The molecule has 1 aromatic rings. The van der Waals surface area contributed by atoms with E-state index in [0.717, 1.165) is 29.2 Å². The molecule has 92 valence electrons. The van der Waals surface area contributed by atoms with Gasteiger partial charge in [-0.1, -0.05) is 39.7 Å². The molecule has 2 fully saturated rings. The summed E-state index contributed by atoms with van der Waals surface area (Å²) in [6.07, 6.45) is 4.70. The molecule has 0 radical (unpaired) electrons. The fraction of sp³-hybridized carbons (Fsp3) is 0.571. The molecule has 0 nitrogen and oxygen atoms in total. The molecule has 2 unspecified atom stereocenters. The summed E-state index contributed by atoms with van der Waals surface area (Å²) < 4.78 is 13.9. The summed E-state index contributed by atoms with van der Waals surface area (Å²) in [6.45, 7) is 0. The molecular weight excluding hydrogens is 303 g/mol. The van der Waals surface area contributed by atoms with Crippen molar-refractivity contribution in [2.24, 2.45) is 17.3 Å². The smallest absolute Gasteiger partial charge is 0.144 e. The lowest BCUT2D eigenvalue weighted by molar-refractivity contribution is 0.304. The van der Waals surface area contributed by atoms with E-state index in [2.05, 4.69) is 15.9 Å². The maximum absolute atomic E-state index is 13.9. The minimum absolute atomic E-state index is 0.227. The zero-order valence-electron chi connectivity index (χ0n) is 9.56. The Bertz CT molecular complexity index is 436. The fourth-order valence-electron chi connectivity index (χ4n) is 3.40. The molecule has 0 amide bonds. The van der Waals surface area contributed by atoms with Crippen LogP contribution in [0.5, 0.6) is 0 Å². The summed E-state index contributed by atoms with van der Waals surface area (Å²) in [5.74, 6) is 1.60. The van der Waals surface area contributed by atoms with Gasteiger partial charge in [-0.15, -0.1) is 0 Å². The van der Waals surface area contributed by atoms with Gasteiger partial charge in [0.05, 0.1) is 5.02 Å². The van der Waals surface area contributed by atoms with Gasteiger partial charge < -0.3 is 0 Å². The predicted molar refractivity (Wildman–Crippen MR) is 72.2 cm³/mol. The monoisotopic (exact) mass is 316 g/mol. The number of alkyl halides is 1. The summed E-state index contributed by atoms with van der Waals surface area (Å²) in [5.41, 5.74) is 1.04. The SMILES string of the molecule is Fc1c(Cl)cccc1CC1(CBr)CC2CC2C1. The van der Waals surface area contributed by atoms with Gasteiger partial charge in [-0.3, -0.25) is 0 Å². The average molecular weight is 318 g/mol. The van der Waals surface area contributed by atoms with Gasteiger partial charge in [0.25, 0.3) is 0 Å². The second-order valence-electron chi connectivity index (χ2n) is 5.69.